The average Bonchev–Trinajstić information content (AvgIpc) is 2.81. The molecule has 0 saturated carbocycles. The summed E-state index contributed by atoms with van der Waals surface area (Å²) in [6, 6.07) is 13.4. The Kier molecular flexibility index (Phi) is 11.9. The van der Waals surface area contributed by atoms with E-state index in [0.29, 0.717) is 23.2 Å². The number of esters is 1. The summed E-state index contributed by atoms with van der Waals surface area (Å²) in [7, 11) is 0. The normalized spacial score (nSPS) is 12.8. The molecule has 7 nitrogen and oxygen atoms in total. The Morgan fingerprint density at radius 2 is 1.57 bits per heavy atom. The summed E-state index contributed by atoms with van der Waals surface area (Å²) in [6.07, 6.45) is 0.248. The van der Waals surface area contributed by atoms with Crippen molar-refractivity contribution in [3.8, 4) is 0 Å². The van der Waals surface area contributed by atoms with E-state index in [1.807, 2.05) is 56.3 Å². The number of aliphatic hydroxyl groups excluding tert-OH is 1. The number of benzene rings is 2. The molecule has 3 N–H and O–H groups in total. The van der Waals surface area contributed by atoms with E-state index in [2.05, 4.69) is 43.2 Å². The first kappa shape index (κ1) is 30.2. The summed E-state index contributed by atoms with van der Waals surface area (Å²) in [5.41, 5.74) is 4.46. The van der Waals surface area contributed by atoms with Gasteiger partial charge in [0.15, 0.2) is 0 Å². The van der Waals surface area contributed by atoms with E-state index in [1.54, 1.807) is 6.92 Å². The molecule has 2 amide bonds. The largest absolute Gasteiger partial charge is 0.463 e. The molecule has 37 heavy (non-hydrogen) atoms. The van der Waals surface area contributed by atoms with E-state index in [9.17, 15) is 14.7 Å². The third kappa shape index (κ3) is 10.4. The van der Waals surface area contributed by atoms with Crippen molar-refractivity contribution >= 4 is 29.1 Å². The van der Waals surface area contributed by atoms with Gasteiger partial charge in [-0.15, -0.1) is 0 Å². The van der Waals surface area contributed by atoms with Gasteiger partial charge in [-0.25, -0.2) is 4.79 Å². The van der Waals surface area contributed by atoms with Crippen LogP contribution in [0, 0.1) is 18.8 Å². The van der Waals surface area contributed by atoms with Crippen molar-refractivity contribution in [3.63, 3.8) is 0 Å². The molecule has 0 aliphatic heterocycles. The second-order valence-corrected chi connectivity index (χ2v) is 10.8. The SMILES string of the molecule is CCC(CC(=O)OC[C@H](C)O)c1ccc(N(CC(C)C)CC(C)C)c(NC(=O)Nc2ccc(C)cc2)c1. The molecule has 0 aliphatic carbocycles. The lowest BCUT2D eigenvalue weighted by molar-refractivity contribution is -0.146. The highest BCUT2D eigenvalue weighted by molar-refractivity contribution is 6.02. The van der Waals surface area contributed by atoms with Crippen LogP contribution < -0.4 is 15.5 Å². The molecule has 2 atom stereocenters. The predicted octanol–water partition coefficient (Wildman–Crippen LogP) is 6.57. The molecule has 0 heterocycles. The number of ether oxygens (including phenoxy) is 1. The second kappa shape index (κ2) is 14.6. The highest BCUT2D eigenvalue weighted by Gasteiger charge is 2.21. The molecule has 1 unspecified atom stereocenters. The molecular formula is C30H45N3O4. The highest BCUT2D eigenvalue weighted by atomic mass is 16.5. The number of carbonyl (C=O) groups excluding carboxylic acids is 2. The Bertz CT molecular complexity index is 992. The van der Waals surface area contributed by atoms with Crippen LogP contribution in [0.2, 0.25) is 0 Å². The number of nitrogens with zero attached hydrogens (tertiary/aromatic N) is 1. The van der Waals surface area contributed by atoms with Gasteiger partial charge in [0, 0.05) is 18.8 Å². The number of amides is 2. The fourth-order valence-electron chi connectivity index (χ4n) is 4.23. The van der Waals surface area contributed by atoms with Gasteiger partial charge in [-0.3, -0.25) is 4.79 Å². The van der Waals surface area contributed by atoms with E-state index in [4.69, 9.17) is 4.74 Å². The summed E-state index contributed by atoms with van der Waals surface area (Å²) in [5, 5.41) is 15.4. The van der Waals surface area contributed by atoms with Crippen molar-refractivity contribution in [1.82, 2.24) is 0 Å². The number of carbonyl (C=O) groups is 2. The third-order valence-corrected chi connectivity index (χ3v) is 5.95. The summed E-state index contributed by atoms with van der Waals surface area (Å²) < 4.78 is 5.20. The quantitative estimate of drug-likeness (QED) is 0.265. The molecular weight excluding hydrogens is 466 g/mol. The number of nitrogens with one attached hydrogen (secondary N) is 2. The lowest BCUT2D eigenvalue weighted by Crippen LogP contribution is -2.32. The maximum atomic E-state index is 13.0. The molecule has 0 saturated heterocycles. The van der Waals surface area contributed by atoms with E-state index >= 15 is 0 Å². The smallest absolute Gasteiger partial charge is 0.323 e. The van der Waals surface area contributed by atoms with Gasteiger partial charge in [-0.2, -0.15) is 0 Å². The summed E-state index contributed by atoms with van der Waals surface area (Å²) in [6.45, 7) is 16.1. The minimum Gasteiger partial charge on any atom is -0.463 e. The maximum absolute atomic E-state index is 13.0. The molecule has 2 rings (SSSR count). The zero-order chi connectivity index (χ0) is 27.5. The Hall–Kier alpha value is -3.06. The number of aryl methyl sites for hydroxylation is 1. The zero-order valence-electron chi connectivity index (χ0n) is 23.5. The Labute approximate surface area is 222 Å². The lowest BCUT2D eigenvalue weighted by Gasteiger charge is -2.31. The van der Waals surface area contributed by atoms with Crippen LogP contribution in [0.1, 0.15) is 71.4 Å². The minimum absolute atomic E-state index is 0.0143. The zero-order valence-corrected chi connectivity index (χ0v) is 23.5. The van der Waals surface area contributed by atoms with Crippen LogP contribution >= 0.6 is 0 Å². The third-order valence-electron chi connectivity index (χ3n) is 5.95. The van der Waals surface area contributed by atoms with Crippen LogP contribution in [0.4, 0.5) is 21.9 Å². The van der Waals surface area contributed by atoms with E-state index in [1.165, 1.54) is 0 Å². The van der Waals surface area contributed by atoms with Gasteiger partial charge in [0.25, 0.3) is 0 Å². The van der Waals surface area contributed by atoms with Crippen molar-refractivity contribution in [2.24, 2.45) is 11.8 Å². The Balaban J connectivity index is 2.37. The fraction of sp³-hybridized carbons (Fsp3) is 0.533. The summed E-state index contributed by atoms with van der Waals surface area (Å²) in [5.74, 6) is 0.476. The summed E-state index contributed by atoms with van der Waals surface area (Å²) >= 11 is 0. The van der Waals surface area contributed by atoms with Gasteiger partial charge in [0.2, 0.25) is 0 Å². The van der Waals surface area contributed by atoms with Crippen molar-refractivity contribution in [3.05, 3.63) is 53.6 Å². The maximum Gasteiger partial charge on any atom is 0.323 e. The van der Waals surface area contributed by atoms with Crippen molar-refractivity contribution < 1.29 is 19.4 Å². The van der Waals surface area contributed by atoms with Crippen molar-refractivity contribution in [2.75, 3.05) is 35.2 Å². The molecule has 0 spiro atoms. The minimum atomic E-state index is -0.695. The van der Waals surface area contributed by atoms with Gasteiger partial charge < -0.3 is 25.4 Å². The Morgan fingerprint density at radius 1 is 0.946 bits per heavy atom. The van der Waals surface area contributed by atoms with Gasteiger partial charge in [-0.05, 0) is 67.9 Å². The molecule has 0 fully saturated rings. The fourth-order valence-corrected chi connectivity index (χ4v) is 4.23. The topological polar surface area (TPSA) is 90.9 Å². The summed E-state index contributed by atoms with van der Waals surface area (Å²) in [4.78, 5) is 27.7. The van der Waals surface area contributed by atoms with Crippen LogP contribution in [0.5, 0.6) is 0 Å². The Morgan fingerprint density at radius 3 is 2.11 bits per heavy atom. The molecule has 0 bridgehead atoms. The molecule has 7 heteroatoms. The lowest BCUT2D eigenvalue weighted by atomic mass is 9.92. The van der Waals surface area contributed by atoms with Gasteiger partial charge >= 0.3 is 12.0 Å². The van der Waals surface area contributed by atoms with Gasteiger partial charge in [-0.1, -0.05) is 58.4 Å². The van der Waals surface area contributed by atoms with Gasteiger partial charge in [0.1, 0.15) is 6.61 Å². The number of hydrogen-bond acceptors (Lipinski definition) is 5. The van der Waals surface area contributed by atoms with Crippen LogP contribution in [0.15, 0.2) is 42.5 Å². The van der Waals surface area contributed by atoms with E-state index < -0.39 is 6.10 Å². The van der Waals surface area contributed by atoms with Crippen LogP contribution in [-0.4, -0.2) is 42.9 Å². The van der Waals surface area contributed by atoms with E-state index in [0.717, 1.165) is 36.3 Å². The molecule has 0 aliphatic rings. The molecule has 2 aromatic rings. The standard InChI is InChI=1S/C30H45N3O4/c1-8-24(16-29(35)37-19-23(7)34)25-11-14-28(33(17-20(2)3)18-21(4)5)27(15-25)32-30(36)31-26-12-9-22(6)10-13-26/h9-15,20-21,23-24,34H,8,16-19H2,1-7H3,(H2,31,32,36)/t23-,24?/m0/s1. The first-order valence-corrected chi connectivity index (χ1v) is 13.4. The number of hydrogen-bond donors (Lipinski definition) is 3. The number of anilines is 3. The van der Waals surface area contributed by atoms with Gasteiger partial charge in [0.05, 0.1) is 23.9 Å². The molecule has 0 radical (unpaired) electrons. The molecule has 204 valence electrons. The predicted molar refractivity (Wildman–Crippen MR) is 152 cm³/mol. The van der Waals surface area contributed by atoms with Crippen LogP contribution in [0.3, 0.4) is 0 Å². The number of rotatable bonds is 13. The van der Waals surface area contributed by atoms with Crippen molar-refractivity contribution in [2.45, 2.75) is 73.3 Å². The number of aliphatic hydroxyl groups is 1. The average molecular weight is 512 g/mol. The van der Waals surface area contributed by atoms with Crippen LogP contribution in [-0.2, 0) is 9.53 Å². The molecule has 2 aromatic carbocycles. The monoisotopic (exact) mass is 511 g/mol. The van der Waals surface area contributed by atoms with Crippen LogP contribution in [0.25, 0.3) is 0 Å². The van der Waals surface area contributed by atoms with Crippen molar-refractivity contribution in [1.29, 1.82) is 0 Å². The van der Waals surface area contributed by atoms with E-state index in [-0.39, 0.29) is 30.9 Å². The second-order valence-electron chi connectivity index (χ2n) is 10.8. The number of urea groups is 1. The highest BCUT2D eigenvalue weighted by Crippen LogP contribution is 2.34. The first-order valence-electron chi connectivity index (χ1n) is 13.4. The first-order chi connectivity index (χ1) is 17.5. The molecule has 0 aromatic heterocycles.